The Morgan fingerprint density at radius 3 is 2.44 bits per heavy atom. The van der Waals surface area contributed by atoms with E-state index >= 15 is 0 Å². The van der Waals surface area contributed by atoms with Crippen molar-refractivity contribution >= 4 is 0 Å². The Kier molecular flexibility index (Phi) is 3.84. The molecule has 0 fully saturated rings. The van der Waals surface area contributed by atoms with E-state index in [9.17, 15) is 8.78 Å². The normalized spacial score (nSPS) is 10.4. The van der Waals surface area contributed by atoms with Gasteiger partial charge in [0.05, 0.1) is 6.20 Å². The first-order chi connectivity index (χ1) is 8.67. The molecule has 1 aromatic carbocycles. The van der Waals surface area contributed by atoms with Crippen LogP contribution in [0.5, 0.6) is 11.5 Å². The highest BCUT2D eigenvalue weighted by Crippen LogP contribution is 2.23. The van der Waals surface area contributed by atoms with Crippen LogP contribution in [0.3, 0.4) is 0 Å². The number of aromatic nitrogens is 1. The van der Waals surface area contributed by atoms with E-state index in [1.54, 1.807) is 12.3 Å². The maximum Gasteiger partial charge on any atom is 0.146 e. The average molecular weight is 250 g/mol. The number of benzene rings is 1. The van der Waals surface area contributed by atoms with Gasteiger partial charge in [0.25, 0.3) is 0 Å². The van der Waals surface area contributed by atoms with Crippen molar-refractivity contribution in [1.29, 1.82) is 0 Å². The molecule has 3 nitrogen and oxygen atoms in total. The third-order valence-corrected chi connectivity index (χ3v) is 2.22. The molecule has 1 heterocycles. The van der Waals surface area contributed by atoms with E-state index in [0.717, 1.165) is 23.8 Å². The summed E-state index contributed by atoms with van der Waals surface area (Å²) in [5.41, 5.74) is 0.923. The summed E-state index contributed by atoms with van der Waals surface area (Å²) >= 11 is 0. The largest absolute Gasteiger partial charge is 0.456 e. The summed E-state index contributed by atoms with van der Waals surface area (Å²) in [7, 11) is 1.81. The molecule has 18 heavy (non-hydrogen) atoms. The van der Waals surface area contributed by atoms with Crippen molar-refractivity contribution in [2.45, 2.75) is 6.54 Å². The highest BCUT2D eigenvalue weighted by Gasteiger charge is 2.04. The van der Waals surface area contributed by atoms with Crippen LogP contribution >= 0.6 is 0 Å². The number of nitrogens with one attached hydrogen (secondary N) is 1. The van der Waals surface area contributed by atoms with Crippen LogP contribution in [-0.2, 0) is 6.54 Å². The fourth-order valence-electron chi connectivity index (χ4n) is 1.54. The van der Waals surface area contributed by atoms with E-state index in [1.165, 1.54) is 6.20 Å². The van der Waals surface area contributed by atoms with Gasteiger partial charge in [-0.3, -0.25) is 4.98 Å². The molecule has 0 unspecified atom stereocenters. The van der Waals surface area contributed by atoms with E-state index in [2.05, 4.69) is 10.3 Å². The van der Waals surface area contributed by atoms with E-state index in [-0.39, 0.29) is 5.75 Å². The molecule has 94 valence electrons. The van der Waals surface area contributed by atoms with Crippen LogP contribution in [-0.4, -0.2) is 12.0 Å². The second-order valence-corrected chi connectivity index (χ2v) is 3.77. The Morgan fingerprint density at radius 2 is 1.78 bits per heavy atom. The minimum absolute atomic E-state index is 0.107. The number of ether oxygens (including phenoxy) is 1. The fraction of sp³-hybridized carbons (Fsp3) is 0.154. The molecule has 0 spiro atoms. The van der Waals surface area contributed by atoms with Crippen molar-refractivity contribution < 1.29 is 13.5 Å². The van der Waals surface area contributed by atoms with Crippen LogP contribution in [0.4, 0.5) is 8.78 Å². The lowest BCUT2D eigenvalue weighted by molar-refractivity contribution is 0.465. The molecule has 0 atom stereocenters. The average Bonchev–Trinajstić information content (AvgIpc) is 2.28. The first-order valence-electron chi connectivity index (χ1n) is 5.40. The van der Waals surface area contributed by atoms with Crippen molar-refractivity contribution in [1.82, 2.24) is 10.3 Å². The maximum atomic E-state index is 13.0. The highest BCUT2D eigenvalue weighted by molar-refractivity contribution is 5.32. The zero-order chi connectivity index (χ0) is 13.0. The molecule has 0 aliphatic heterocycles. The zero-order valence-corrected chi connectivity index (χ0v) is 9.78. The van der Waals surface area contributed by atoms with E-state index in [4.69, 9.17) is 4.74 Å². The van der Waals surface area contributed by atoms with Gasteiger partial charge in [-0.25, -0.2) is 8.78 Å². The van der Waals surface area contributed by atoms with Gasteiger partial charge >= 0.3 is 0 Å². The summed E-state index contributed by atoms with van der Waals surface area (Å²) in [6.45, 7) is 0.641. The molecule has 1 aromatic heterocycles. The molecule has 0 radical (unpaired) electrons. The summed E-state index contributed by atoms with van der Waals surface area (Å²) in [6.07, 6.45) is 3.18. The van der Waals surface area contributed by atoms with Gasteiger partial charge in [-0.05, 0) is 18.7 Å². The monoisotopic (exact) mass is 250 g/mol. The Bertz CT molecular complexity index is 526. The van der Waals surface area contributed by atoms with Gasteiger partial charge in [-0.2, -0.15) is 0 Å². The fourth-order valence-corrected chi connectivity index (χ4v) is 1.54. The van der Waals surface area contributed by atoms with Gasteiger partial charge in [-0.1, -0.05) is 0 Å². The van der Waals surface area contributed by atoms with E-state index in [0.29, 0.717) is 12.3 Å². The van der Waals surface area contributed by atoms with Gasteiger partial charge < -0.3 is 10.1 Å². The van der Waals surface area contributed by atoms with Gasteiger partial charge in [0.2, 0.25) is 0 Å². The standard InChI is InChI=1S/C13H12F2N2O/c1-16-6-9-2-13(8-17-7-9)18-12-4-10(14)3-11(15)5-12/h2-5,7-8,16H,6H2,1H3. The quantitative estimate of drug-likeness (QED) is 0.906. The molecule has 0 aliphatic rings. The summed E-state index contributed by atoms with van der Waals surface area (Å²) in [4.78, 5) is 3.99. The Hall–Kier alpha value is -2.01. The first-order valence-corrected chi connectivity index (χ1v) is 5.40. The number of nitrogens with zero attached hydrogens (tertiary/aromatic N) is 1. The molecule has 2 aromatic rings. The second-order valence-electron chi connectivity index (χ2n) is 3.77. The molecule has 1 N–H and O–H groups in total. The third kappa shape index (κ3) is 3.24. The molecule has 0 bridgehead atoms. The zero-order valence-electron chi connectivity index (χ0n) is 9.78. The highest BCUT2D eigenvalue weighted by atomic mass is 19.1. The van der Waals surface area contributed by atoms with Crippen LogP contribution in [0.15, 0.2) is 36.7 Å². The molecule has 0 aliphatic carbocycles. The minimum Gasteiger partial charge on any atom is -0.456 e. The van der Waals surface area contributed by atoms with Crippen molar-refractivity contribution in [2.75, 3.05) is 7.05 Å². The Labute approximate surface area is 103 Å². The van der Waals surface area contributed by atoms with Gasteiger partial charge in [0, 0.05) is 30.9 Å². The molecular weight excluding hydrogens is 238 g/mol. The topological polar surface area (TPSA) is 34.2 Å². The molecule has 0 saturated carbocycles. The van der Waals surface area contributed by atoms with Gasteiger partial charge in [0.15, 0.2) is 0 Å². The van der Waals surface area contributed by atoms with E-state index < -0.39 is 11.6 Å². The number of pyridine rings is 1. The first kappa shape index (κ1) is 12.4. The molecule has 5 heteroatoms. The molecule has 0 saturated heterocycles. The lowest BCUT2D eigenvalue weighted by Crippen LogP contribution is -2.05. The SMILES string of the molecule is CNCc1cncc(Oc2cc(F)cc(F)c2)c1. The van der Waals surface area contributed by atoms with Crippen molar-refractivity contribution in [3.63, 3.8) is 0 Å². The predicted octanol–water partition coefficient (Wildman–Crippen LogP) is 2.87. The summed E-state index contributed by atoms with van der Waals surface area (Å²) < 4.78 is 31.3. The number of rotatable bonds is 4. The van der Waals surface area contributed by atoms with Crippen molar-refractivity contribution in [2.24, 2.45) is 0 Å². The predicted molar refractivity (Wildman–Crippen MR) is 63.4 cm³/mol. The number of halogens is 2. The van der Waals surface area contributed by atoms with Gasteiger partial charge in [-0.15, -0.1) is 0 Å². The minimum atomic E-state index is -0.677. The second kappa shape index (κ2) is 5.55. The molecular formula is C13H12F2N2O. The van der Waals surface area contributed by atoms with Crippen LogP contribution in [0.1, 0.15) is 5.56 Å². The third-order valence-electron chi connectivity index (χ3n) is 2.22. The van der Waals surface area contributed by atoms with Crippen molar-refractivity contribution in [3.8, 4) is 11.5 Å². The summed E-state index contributed by atoms with van der Waals surface area (Å²) in [5.74, 6) is -0.808. The van der Waals surface area contributed by atoms with Crippen molar-refractivity contribution in [3.05, 3.63) is 53.9 Å². The lowest BCUT2D eigenvalue weighted by atomic mass is 10.2. The van der Waals surface area contributed by atoms with E-state index in [1.807, 2.05) is 7.05 Å². The summed E-state index contributed by atoms with van der Waals surface area (Å²) in [6, 6.07) is 4.79. The summed E-state index contributed by atoms with van der Waals surface area (Å²) in [5, 5.41) is 2.98. The van der Waals surface area contributed by atoms with Crippen LogP contribution in [0.25, 0.3) is 0 Å². The smallest absolute Gasteiger partial charge is 0.146 e. The van der Waals surface area contributed by atoms with Crippen LogP contribution < -0.4 is 10.1 Å². The number of hydrogen-bond donors (Lipinski definition) is 1. The molecule has 2 rings (SSSR count). The Morgan fingerprint density at radius 1 is 1.06 bits per heavy atom. The van der Waals surface area contributed by atoms with Crippen LogP contribution in [0, 0.1) is 11.6 Å². The Balaban J connectivity index is 2.20. The number of hydrogen-bond acceptors (Lipinski definition) is 3. The van der Waals surface area contributed by atoms with Gasteiger partial charge in [0.1, 0.15) is 23.1 Å². The van der Waals surface area contributed by atoms with Crippen LogP contribution in [0.2, 0.25) is 0 Å². The maximum absolute atomic E-state index is 13.0. The lowest BCUT2D eigenvalue weighted by Gasteiger charge is -2.07. The molecule has 0 amide bonds.